The number of benzene rings is 1. The van der Waals surface area contributed by atoms with Crippen LogP contribution in [0.2, 0.25) is 0 Å². The largest absolute Gasteiger partial charge is 0.436 e. The minimum atomic E-state index is -0.515. The van der Waals surface area contributed by atoms with Crippen LogP contribution in [0.5, 0.6) is 11.6 Å². The lowest BCUT2D eigenvalue weighted by molar-refractivity contribution is -0.127. The highest BCUT2D eigenvalue weighted by Gasteiger charge is 2.36. The molecule has 0 radical (unpaired) electrons. The van der Waals surface area contributed by atoms with E-state index in [4.69, 9.17) is 10.5 Å². The van der Waals surface area contributed by atoms with Crippen molar-refractivity contribution in [2.45, 2.75) is 32.4 Å². The highest BCUT2D eigenvalue weighted by Crippen LogP contribution is 2.46. The van der Waals surface area contributed by atoms with E-state index < -0.39 is 5.82 Å². The van der Waals surface area contributed by atoms with E-state index in [0.717, 1.165) is 36.5 Å². The Labute approximate surface area is 219 Å². The SMILES string of the molecule is C=CC(=O)N1CCC[C@H](N2CCn3c2c(-c2ccc(Oc4cccc(C)n4)c(F)c2)c2c(N)ncnc23)C1. The van der Waals surface area contributed by atoms with Crippen LogP contribution >= 0.6 is 0 Å². The van der Waals surface area contributed by atoms with Crippen molar-refractivity contribution in [2.24, 2.45) is 0 Å². The first-order chi connectivity index (χ1) is 18.4. The van der Waals surface area contributed by atoms with Crippen LogP contribution in [0.4, 0.5) is 16.0 Å². The number of fused-ring (bicyclic) bond motifs is 3. The first-order valence-corrected chi connectivity index (χ1v) is 12.7. The number of pyridine rings is 1. The molecule has 3 aromatic heterocycles. The van der Waals surface area contributed by atoms with Crippen LogP contribution in [0.3, 0.4) is 0 Å². The number of ether oxygens (including phenoxy) is 1. The molecule has 1 fully saturated rings. The lowest BCUT2D eigenvalue weighted by atomic mass is 10.0. The number of hydrogen-bond acceptors (Lipinski definition) is 7. The molecule has 6 rings (SSSR count). The van der Waals surface area contributed by atoms with Gasteiger partial charge in [-0.25, -0.2) is 19.3 Å². The second-order valence-corrected chi connectivity index (χ2v) is 9.65. The zero-order chi connectivity index (χ0) is 26.4. The first-order valence-electron chi connectivity index (χ1n) is 12.7. The predicted molar refractivity (Wildman–Crippen MR) is 144 cm³/mol. The molecule has 2 aliphatic heterocycles. The predicted octanol–water partition coefficient (Wildman–Crippen LogP) is 4.31. The Morgan fingerprint density at radius 3 is 2.87 bits per heavy atom. The lowest BCUT2D eigenvalue weighted by Gasteiger charge is -2.38. The van der Waals surface area contributed by atoms with Crippen molar-refractivity contribution in [1.29, 1.82) is 0 Å². The summed E-state index contributed by atoms with van der Waals surface area (Å²) in [5.41, 5.74) is 9.29. The van der Waals surface area contributed by atoms with Gasteiger partial charge in [-0.05, 0) is 49.6 Å². The molecule has 194 valence electrons. The van der Waals surface area contributed by atoms with Gasteiger partial charge in [0.15, 0.2) is 11.6 Å². The summed E-state index contributed by atoms with van der Waals surface area (Å²) in [6.45, 7) is 8.26. The molecule has 0 unspecified atom stereocenters. The van der Waals surface area contributed by atoms with Crippen LogP contribution in [-0.2, 0) is 11.3 Å². The average Bonchev–Trinajstić information content (AvgIpc) is 3.49. The van der Waals surface area contributed by atoms with Gasteiger partial charge in [0.2, 0.25) is 11.8 Å². The van der Waals surface area contributed by atoms with E-state index in [1.165, 1.54) is 18.5 Å². The third-order valence-corrected chi connectivity index (χ3v) is 7.30. The Morgan fingerprint density at radius 1 is 1.21 bits per heavy atom. The van der Waals surface area contributed by atoms with Gasteiger partial charge >= 0.3 is 0 Å². The number of likely N-dealkylation sites (tertiary alicyclic amines) is 1. The molecule has 38 heavy (non-hydrogen) atoms. The number of carbonyl (C=O) groups excluding carboxylic acids is 1. The van der Waals surface area contributed by atoms with Crippen molar-refractivity contribution in [3.05, 3.63) is 66.9 Å². The standard InChI is InChI=1S/C28H28FN7O2/c1-3-23(37)34-11-5-7-19(15-34)35-12-13-36-27-25(26(30)31-16-32-27)24(28(35)36)18-9-10-21(20(29)14-18)38-22-8-4-6-17(2)33-22/h3-4,6,8-10,14,16,19H,1,5,7,11-13,15H2,2H3,(H2,30,31,32)/t19-/m0/s1. The fraction of sp³-hybridized carbons (Fsp3) is 0.286. The van der Waals surface area contributed by atoms with Gasteiger partial charge in [-0.2, -0.15) is 0 Å². The maximum atomic E-state index is 15.4. The molecule has 0 saturated carbocycles. The van der Waals surface area contributed by atoms with E-state index in [0.29, 0.717) is 47.9 Å². The maximum absolute atomic E-state index is 15.4. The number of hydrogen-bond donors (Lipinski definition) is 1. The van der Waals surface area contributed by atoms with Crippen molar-refractivity contribution < 1.29 is 13.9 Å². The van der Waals surface area contributed by atoms with E-state index in [1.807, 2.05) is 30.0 Å². The summed E-state index contributed by atoms with van der Waals surface area (Å²) in [5, 5.41) is 0.690. The lowest BCUT2D eigenvalue weighted by Crippen LogP contribution is -2.49. The fourth-order valence-corrected chi connectivity index (χ4v) is 5.60. The number of halogens is 1. The number of anilines is 2. The number of rotatable bonds is 5. The van der Waals surface area contributed by atoms with Crippen LogP contribution in [0.1, 0.15) is 18.5 Å². The monoisotopic (exact) mass is 513 g/mol. The van der Waals surface area contributed by atoms with E-state index >= 15 is 4.39 Å². The molecular weight excluding hydrogens is 485 g/mol. The average molecular weight is 514 g/mol. The van der Waals surface area contributed by atoms with Crippen LogP contribution in [0.15, 0.2) is 55.4 Å². The molecule has 9 nitrogen and oxygen atoms in total. The van der Waals surface area contributed by atoms with Crippen molar-refractivity contribution in [3.63, 3.8) is 0 Å². The molecule has 0 aliphatic carbocycles. The van der Waals surface area contributed by atoms with Gasteiger partial charge in [0.05, 0.1) is 5.39 Å². The Kier molecular flexibility index (Phi) is 5.94. The topological polar surface area (TPSA) is 102 Å². The zero-order valence-corrected chi connectivity index (χ0v) is 21.1. The number of aromatic nitrogens is 4. The Bertz CT molecular complexity index is 1570. The molecule has 5 heterocycles. The highest BCUT2D eigenvalue weighted by molar-refractivity contribution is 6.07. The molecule has 10 heteroatoms. The number of piperidine rings is 1. The zero-order valence-electron chi connectivity index (χ0n) is 21.1. The van der Waals surface area contributed by atoms with Gasteiger partial charge in [-0.15, -0.1) is 0 Å². The summed E-state index contributed by atoms with van der Waals surface area (Å²) in [5.74, 6) is 1.08. The number of nitrogens with two attached hydrogens (primary N) is 1. The molecule has 4 aromatic rings. The van der Waals surface area contributed by atoms with E-state index in [2.05, 4.69) is 31.0 Å². The summed E-state index contributed by atoms with van der Waals surface area (Å²) in [6, 6.07) is 10.3. The maximum Gasteiger partial charge on any atom is 0.246 e. The minimum absolute atomic E-state index is 0.0643. The smallest absolute Gasteiger partial charge is 0.246 e. The van der Waals surface area contributed by atoms with Gasteiger partial charge in [-0.1, -0.05) is 18.7 Å². The minimum Gasteiger partial charge on any atom is -0.436 e. The van der Waals surface area contributed by atoms with Crippen LogP contribution < -0.4 is 15.4 Å². The van der Waals surface area contributed by atoms with Crippen molar-refractivity contribution in [2.75, 3.05) is 30.3 Å². The van der Waals surface area contributed by atoms with Crippen LogP contribution in [0, 0.1) is 12.7 Å². The summed E-state index contributed by atoms with van der Waals surface area (Å²) in [6.07, 6.45) is 4.65. The number of aryl methyl sites for hydroxylation is 1. The number of nitrogens with zero attached hydrogens (tertiary/aromatic N) is 6. The second-order valence-electron chi connectivity index (χ2n) is 9.65. The quantitative estimate of drug-likeness (QED) is 0.397. The van der Waals surface area contributed by atoms with E-state index in [9.17, 15) is 4.79 Å². The highest BCUT2D eigenvalue weighted by atomic mass is 19.1. The Morgan fingerprint density at radius 2 is 2.08 bits per heavy atom. The normalized spacial score (nSPS) is 17.1. The third-order valence-electron chi connectivity index (χ3n) is 7.30. The molecule has 0 bridgehead atoms. The molecule has 1 saturated heterocycles. The number of carbonyl (C=O) groups is 1. The van der Waals surface area contributed by atoms with Crippen LogP contribution in [-0.4, -0.2) is 56.0 Å². The summed E-state index contributed by atoms with van der Waals surface area (Å²) >= 11 is 0. The molecule has 2 N–H and O–H groups in total. The summed E-state index contributed by atoms with van der Waals surface area (Å²) in [4.78, 5) is 29.6. The molecule has 2 aliphatic rings. The number of amides is 1. The van der Waals surface area contributed by atoms with Gasteiger partial charge in [0.1, 0.15) is 23.6 Å². The Hall–Kier alpha value is -4.47. The Balaban J connectivity index is 1.43. The fourth-order valence-electron chi connectivity index (χ4n) is 5.60. The van der Waals surface area contributed by atoms with Crippen LogP contribution in [0.25, 0.3) is 22.2 Å². The van der Waals surface area contributed by atoms with Gasteiger partial charge in [0, 0.05) is 49.5 Å². The molecule has 1 aromatic carbocycles. The molecule has 1 amide bonds. The summed E-state index contributed by atoms with van der Waals surface area (Å²) in [7, 11) is 0. The van der Waals surface area contributed by atoms with E-state index in [1.54, 1.807) is 12.1 Å². The van der Waals surface area contributed by atoms with Crippen molar-refractivity contribution >= 4 is 28.6 Å². The molecule has 0 spiro atoms. The third kappa shape index (κ3) is 4.02. The molecule has 1 atom stereocenters. The van der Waals surface area contributed by atoms with Gasteiger partial charge < -0.3 is 24.8 Å². The summed E-state index contributed by atoms with van der Waals surface area (Å²) < 4.78 is 23.3. The second kappa shape index (κ2) is 9.44. The first kappa shape index (κ1) is 23.9. The van der Waals surface area contributed by atoms with Gasteiger partial charge in [-0.3, -0.25) is 4.79 Å². The molecular formula is C28H28FN7O2. The van der Waals surface area contributed by atoms with Crippen molar-refractivity contribution in [1.82, 2.24) is 24.4 Å². The van der Waals surface area contributed by atoms with Gasteiger partial charge in [0.25, 0.3) is 0 Å². The number of nitrogen functional groups attached to an aromatic ring is 1. The van der Waals surface area contributed by atoms with Crippen molar-refractivity contribution in [3.8, 4) is 22.8 Å². The van der Waals surface area contributed by atoms with E-state index in [-0.39, 0.29) is 17.7 Å².